The average molecular weight is 290 g/mol. The minimum absolute atomic E-state index is 0.0638. The van der Waals surface area contributed by atoms with Gasteiger partial charge in [-0.25, -0.2) is 0 Å². The van der Waals surface area contributed by atoms with E-state index in [-0.39, 0.29) is 16.7 Å². The topological polar surface area (TPSA) is 94.1 Å². The van der Waals surface area contributed by atoms with E-state index >= 15 is 0 Å². The van der Waals surface area contributed by atoms with Crippen LogP contribution in [0.25, 0.3) is 0 Å². The molecule has 0 saturated heterocycles. The molecule has 0 fully saturated rings. The van der Waals surface area contributed by atoms with Crippen LogP contribution in [-0.2, 0) is 6.42 Å². The number of hydrogen-bond donors (Lipinski definition) is 1. The third kappa shape index (κ3) is 4.09. The lowest BCUT2D eigenvalue weighted by Crippen LogP contribution is -2.23. The van der Waals surface area contributed by atoms with E-state index in [0.717, 1.165) is 12.0 Å². The zero-order chi connectivity index (χ0) is 15.2. The molecule has 7 nitrogen and oxygen atoms in total. The Labute approximate surface area is 122 Å². The molecule has 112 valence electrons. The van der Waals surface area contributed by atoms with Crippen molar-refractivity contribution in [1.82, 2.24) is 15.5 Å². The lowest BCUT2D eigenvalue weighted by atomic mass is 10.0. The predicted octanol–water partition coefficient (Wildman–Crippen LogP) is 2.57. The smallest absolute Gasteiger partial charge is 0.269 e. The van der Waals surface area contributed by atoms with Crippen molar-refractivity contribution in [3.63, 3.8) is 0 Å². The molecule has 1 atom stereocenters. The van der Waals surface area contributed by atoms with E-state index in [1.54, 1.807) is 19.1 Å². The van der Waals surface area contributed by atoms with Gasteiger partial charge < -0.3 is 9.84 Å². The van der Waals surface area contributed by atoms with E-state index in [9.17, 15) is 10.1 Å². The summed E-state index contributed by atoms with van der Waals surface area (Å²) in [4.78, 5) is 14.6. The minimum atomic E-state index is -0.378. The van der Waals surface area contributed by atoms with Gasteiger partial charge in [0.1, 0.15) is 0 Å². The van der Waals surface area contributed by atoms with Crippen molar-refractivity contribution in [3.8, 4) is 0 Å². The number of aryl methyl sites for hydroxylation is 1. The minimum Gasteiger partial charge on any atom is -0.339 e. The second-order valence-corrected chi connectivity index (χ2v) is 4.75. The van der Waals surface area contributed by atoms with Gasteiger partial charge in [-0.2, -0.15) is 4.98 Å². The zero-order valence-corrected chi connectivity index (χ0v) is 12.1. The largest absolute Gasteiger partial charge is 0.339 e. The molecule has 1 aromatic carbocycles. The first-order chi connectivity index (χ1) is 10.1. The summed E-state index contributed by atoms with van der Waals surface area (Å²) in [5, 5.41) is 17.9. The number of aromatic nitrogens is 2. The highest BCUT2D eigenvalue weighted by Gasteiger charge is 2.13. The first-order valence-electron chi connectivity index (χ1n) is 6.87. The van der Waals surface area contributed by atoms with E-state index < -0.39 is 0 Å². The standard InChI is InChI=1S/C14H18N4O3/c1-3-13(11-5-4-6-12(9-11)18(19)20)15-8-7-14-16-10(2)17-21-14/h4-6,9,13,15H,3,7-8H2,1-2H3. The van der Waals surface area contributed by atoms with Gasteiger partial charge in [0, 0.05) is 31.1 Å². The quantitative estimate of drug-likeness (QED) is 0.622. The Kier molecular flexibility index (Phi) is 4.99. The van der Waals surface area contributed by atoms with Crippen LogP contribution < -0.4 is 5.32 Å². The van der Waals surface area contributed by atoms with Gasteiger partial charge in [0.05, 0.1) is 4.92 Å². The summed E-state index contributed by atoms with van der Waals surface area (Å²) < 4.78 is 5.05. The molecule has 1 unspecified atom stereocenters. The Morgan fingerprint density at radius 1 is 1.48 bits per heavy atom. The molecular formula is C14H18N4O3. The summed E-state index contributed by atoms with van der Waals surface area (Å²) in [7, 11) is 0. The summed E-state index contributed by atoms with van der Waals surface area (Å²) >= 11 is 0. The number of nitro benzene ring substituents is 1. The Bertz CT molecular complexity index is 612. The van der Waals surface area contributed by atoms with Gasteiger partial charge in [0.2, 0.25) is 5.89 Å². The van der Waals surface area contributed by atoms with Crippen LogP contribution >= 0.6 is 0 Å². The molecule has 0 aliphatic rings. The number of nitro groups is 1. The number of nitrogens with zero attached hydrogens (tertiary/aromatic N) is 3. The number of rotatable bonds is 7. The van der Waals surface area contributed by atoms with Crippen LogP contribution in [0.3, 0.4) is 0 Å². The highest BCUT2D eigenvalue weighted by molar-refractivity contribution is 5.35. The van der Waals surface area contributed by atoms with Gasteiger partial charge in [-0.3, -0.25) is 10.1 Å². The molecule has 0 saturated carbocycles. The van der Waals surface area contributed by atoms with Crippen LogP contribution in [0.15, 0.2) is 28.8 Å². The number of non-ortho nitro benzene ring substituents is 1. The summed E-state index contributed by atoms with van der Waals surface area (Å²) in [6, 6.07) is 6.77. The van der Waals surface area contributed by atoms with Crippen molar-refractivity contribution >= 4 is 5.69 Å². The molecule has 7 heteroatoms. The molecule has 0 amide bonds. The van der Waals surface area contributed by atoms with Crippen LogP contribution in [0.5, 0.6) is 0 Å². The average Bonchev–Trinajstić information content (AvgIpc) is 2.89. The van der Waals surface area contributed by atoms with E-state index in [1.807, 2.05) is 13.0 Å². The molecular weight excluding hydrogens is 272 g/mol. The van der Waals surface area contributed by atoms with Crippen LogP contribution in [0.4, 0.5) is 5.69 Å². The van der Waals surface area contributed by atoms with Gasteiger partial charge in [-0.05, 0) is 18.9 Å². The number of nitrogens with one attached hydrogen (secondary N) is 1. The third-order valence-electron chi connectivity index (χ3n) is 3.19. The van der Waals surface area contributed by atoms with Gasteiger partial charge in [-0.15, -0.1) is 0 Å². The Balaban J connectivity index is 1.96. The molecule has 2 rings (SSSR count). The maximum absolute atomic E-state index is 10.8. The Morgan fingerprint density at radius 3 is 2.90 bits per heavy atom. The van der Waals surface area contributed by atoms with Crippen molar-refractivity contribution in [2.24, 2.45) is 0 Å². The van der Waals surface area contributed by atoms with Gasteiger partial charge >= 0.3 is 0 Å². The molecule has 0 aliphatic heterocycles. The summed E-state index contributed by atoms with van der Waals surface area (Å²) in [6.07, 6.45) is 1.47. The maximum Gasteiger partial charge on any atom is 0.269 e. The normalized spacial score (nSPS) is 12.3. The highest BCUT2D eigenvalue weighted by atomic mass is 16.6. The summed E-state index contributed by atoms with van der Waals surface area (Å²) in [6.45, 7) is 4.48. The van der Waals surface area contributed by atoms with Crippen LogP contribution in [0.2, 0.25) is 0 Å². The first kappa shape index (κ1) is 15.1. The van der Waals surface area contributed by atoms with E-state index in [1.165, 1.54) is 6.07 Å². The molecule has 1 heterocycles. The van der Waals surface area contributed by atoms with Crippen molar-refractivity contribution in [1.29, 1.82) is 0 Å². The second-order valence-electron chi connectivity index (χ2n) is 4.75. The summed E-state index contributed by atoms with van der Waals surface area (Å²) in [5.74, 6) is 1.21. The molecule has 0 spiro atoms. The molecule has 0 radical (unpaired) electrons. The van der Waals surface area contributed by atoms with Crippen molar-refractivity contribution in [2.45, 2.75) is 32.7 Å². The van der Waals surface area contributed by atoms with Gasteiger partial charge in [-0.1, -0.05) is 24.2 Å². The monoisotopic (exact) mass is 290 g/mol. The fraction of sp³-hybridized carbons (Fsp3) is 0.429. The maximum atomic E-state index is 10.8. The fourth-order valence-corrected chi connectivity index (χ4v) is 2.15. The Morgan fingerprint density at radius 2 is 2.29 bits per heavy atom. The van der Waals surface area contributed by atoms with Crippen LogP contribution in [0.1, 0.15) is 36.7 Å². The predicted molar refractivity (Wildman–Crippen MR) is 76.9 cm³/mol. The highest BCUT2D eigenvalue weighted by Crippen LogP contribution is 2.21. The number of benzene rings is 1. The van der Waals surface area contributed by atoms with E-state index in [4.69, 9.17) is 4.52 Å². The summed E-state index contributed by atoms with van der Waals surface area (Å²) in [5.41, 5.74) is 1.02. The SMILES string of the molecule is CCC(NCCc1nc(C)no1)c1cccc([N+](=O)[O-])c1. The molecule has 0 bridgehead atoms. The van der Waals surface area contributed by atoms with Crippen LogP contribution in [-0.4, -0.2) is 21.6 Å². The third-order valence-corrected chi connectivity index (χ3v) is 3.19. The molecule has 1 N–H and O–H groups in total. The Hall–Kier alpha value is -2.28. The van der Waals surface area contributed by atoms with Crippen molar-refractivity contribution in [2.75, 3.05) is 6.54 Å². The van der Waals surface area contributed by atoms with Crippen molar-refractivity contribution < 1.29 is 9.45 Å². The fourth-order valence-electron chi connectivity index (χ4n) is 2.15. The molecule has 2 aromatic rings. The molecule has 0 aliphatic carbocycles. The van der Waals surface area contributed by atoms with Gasteiger partial charge in [0.25, 0.3) is 5.69 Å². The lowest BCUT2D eigenvalue weighted by Gasteiger charge is -2.16. The van der Waals surface area contributed by atoms with Crippen molar-refractivity contribution in [3.05, 3.63) is 51.7 Å². The molecule has 21 heavy (non-hydrogen) atoms. The van der Waals surface area contributed by atoms with Gasteiger partial charge in [0.15, 0.2) is 5.82 Å². The second kappa shape index (κ2) is 6.94. The zero-order valence-electron chi connectivity index (χ0n) is 12.1. The molecule has 1 aromatic heterocycles. The van der Waals surface area contributed by atoms with Crippen LogP contribution in [0, 0.1) is 17.0 Å². The lowest BCUT2D eigenvalue weighted by molar-refractivity contribution is -0.384. The van der Waals surface area contributed by atoms with E-state index in [2.05, 4.69) is 15.5 Å². The van der Waals surface area contributed by atoms with E-state index in [0.29, 0.717) is 24.7 Å². The number of hydrogen-bond acceptors (Lipinski definition) is 6. The first-order valence-corrected chi connectivity index (χ1v) is 6.87.